The average molecular weight is 477 g/mol. The van der Waals surface area contributed by atoms with E-state index in [1.807, 2.05) is 30.3 Å². The monoisotopic (exact) mass is 476 g/mol. The molecule has 3 aromatic rings. The summed E-state index contributed by atoms with van der Waals surface area (Å²) in [5.74, 6) is -0.590. The van der Waals surface area contributed by atoms with Gasteiger partial charge in [0.2, 0.25) is 5.91 Å². The van der Waals surface area contributed by atoms with Crippen LogP contribution in [0.4, 0.5) is 18.0 Å². The topological polar surface area (TPSA) is 76.0 Å². The number of thioether (sulfide) groups is 1. The van der Waals surface area contributed by atoms with Crippen molar-refractivity contribution in [2.24, 2.45) is 0 Å². The van der Waals surface area contributed by atoms with Crippen LogP contribution in [0.15, 0.2) is 53.7 Å². The lowest BCUT2D eigenvalue weighted by atomic mass is 10.2. The zero-order valence-corrected chi connectivity index (χ0v) is 18.5. The number of hydrogen-bond acceptors (Lipinski definition) is 4. The van der Waals surface area contributed by atoms with Gasteiger partial charge in [0.25, 0.3) is 0 Å². The molecule has 0 radical (unpaired) electrons. The van der Waals surface area contributed by atoms with E-state index < -0.39 is 23.7 Å². The van der Waals surface area contributed by atoms with Gasteiger partial charge < -0.3 is 9.88 Å². The molecule has 1 heterocycles. The van der Waals surface area contributed by atoms with E-state index in [2.05, 4.69) is 15.6 Å². The molecular formula is C23H23F3N4O2S. The Morgan fingerprint density at radius 1 is 1.09 bits per heavy atom. The zero-order chi connectivity index (χ0) is 23.4. The number of halogens is 3. The van der Waals surface area contributed by atoms with Gasteiger partial charge >= 0.3 is 12.2 Å². The van der Waals surface area contributed by atoms with Gasteiger partial charge in [-0.2, -0.15) is 13.2 Å². The fourth-order valence-corrected chi connectivity index (χ4v) is 4.71. The normalized spacial score (nSPS) is 14.5. The molecule has 1 saturated carbocycles. The van der Waals surface area contributed by atoms with Crippen molar-refractivity contribution in [2.45, 2.75) is 49.6 Å². The summed E-state index contributed by atoms with van der Waals surface area (Å²) in [4.78, 5) is 28.7. The molecule has 0 saturated heterocycles. The van der Waals surface area contributed by atoms with Gasteiger partial charge in [-0.25, -0.2) is 9.78 Å². The van der Waals surface area contributed by atoms with Crippen LogP contribution in [0.3, 0.4) is 0 Å². The van der Waals surface area contributed by atoms with Crippen LogP contribution in [-0.2, 0) is 17.5 Å². The lowest BCUT2D eigenvalue weighted by Gasteiger charge is -2.12. The molecule has 174 valence electrons. The van der Waals surface area contributed by atoms with E-state index in [1.54, 1.807) is 4.57 Å². The van der Waals surface area contributed by atoms with Crippen molar-refractivity contribution in [2.75, 3.05) is 5.75 Å². The first-order valence-corrected chi connectivity index (χ1v) is 11.6. The van der Waals surface area contributed by atoms with Gasteiger partial charge in [-0.15, -0.1) is 0 Å². The van der Waals surface area contributed by atoms with Gasteiger partial charge in [0.05, 0.1) is 28.9 Å². The lowest BCUT2D eigenvalue weighted by molar-refractivity contribution is -0.137. The Bertz CT molecular complexity index is 1140. The van der Waals surface area contributed by atoms with Gasteiger partial charge in [0.1, 0.15) is 0 Å². The molecule has 0 unspecified atom stereocenters. The lowest BCUT2D eigenvalue weighted by Crippen LogP contribution is -2.44. The molecule has 33 heavy (non-hydrogen) atoms. The van der Waals surface area contributed by atoms with Crippen molar-refractivity contribution < 1.29 is 22.8 Å². The molecular weight excluding hydrogens is 453 g/mol. The smallest absolute Gasteiger partial charge is 0.335 e. The minimum Gasteiger partial charge on any atom is -0.335 e. The molecule has 2 aromatic carbocycles. The Labute approximate surface area is 192 Å². The maximum atomic E-state index is 13.2. The molecule has 1 aromatic heterocycles. The van der Waals surface area contributed by atoms with E-state index in [4.69, 9.17) is 0 Å². The standard InChI is InChI=1S/C23H23F3N4O2S/c24-23(25,26)16-10-11-19-18(12-16)28-22(30(19)13-15-6-2-1-3-7-15)33-14-20(31)29-21(32)27-17-8-4-5-9-17/h1-3,6-7,10-12,17H,4-5,8-9,13-14H2,(H2,27,29,31,32). The number of aromatic nitrogens is 2. The maximum absolute atomic E-state index is 13.2. The van der Waals surface area contributed by atoms with E-state index in [0.29, 0.717) is 17.2 Å². The number of nitrogens with zero attached hydrogens (tertiary/aromatic N) is 2. The van der Waals surface area contributed by atoms with Crippen LogP contribution in [0.1, 0.15) is 36.8 Å². The third-order valence-corrected chi connectivity index (χ3v) is 6.48. The molecule has 2 N–H and O–H groups in total. The van der Waals surface area contributed by atoms with E-state index in [-0.39, 0.29) is 17.3 Å². The van der Waals surface area contributed by atoms with Crippen LogP contribution in [0.25, 0.3) is 11.0 Å². The number of carbonyl (C=O) groups is 2. The summed E-state index contributed by atoms with van der Waals surface area (Å²) in [5, 5.41) is 5.50. The van der Waals surface area contributed by atoms with Crippen molar-refractivity contribution in [1.82, 2.24) is 20.2 Å². The van der Waals surface area contributed by atoms with Gasteiger partial charge in [0, 0.05) is 6.04 Å². The summed E-state index contributed by atoms with van der Waals surface area (Å²) in [5.41, 5.74) is 0.896. The number of hydrogen-bond donors (Lipinski definition) is 2. The Balaban J connectivity index is 1.51. The summed E-state index contributed by atoms with van der Waals surface area (Å²) in [6.07, 6.45) is -0.554. The number of benzene rings is 2. The summed E-state index contributed by atoms with van der Waals surface area (Å²) >= 11 is 1.08. The van der Waals surface area contributed by atoms with Crippen molar-refractivity contribution in [1.29, 1.82) is 0 Å². The molecule has 1 aliphatic carbocycles. The fourth-order valence-electron chi connectivity index (χ4n) is 3.90. The van der Waals surface area contributed by atoms with Crippen LogP contribution in [0.5, 0.6) is 0 Å². The first-order chi connectivity index (χ1) is 15.8. The van der Waals surface area contributed by atoms with Gasteiger partial charge in [-0.05, 0) is 36.6 Å². The maximum Gasteiger partial charge on any atom is 0.416 e. The average Bonchev–Trinajstić information content (AvgIpc) is 3.40. The minimum atomic E-state index is -4.47. The first-order valence-electron chi connectivity index (χ1n) is 10.6. The molecule has 0 aliphatic heterocycles. The second kappa shape index (κ2) is 9.86. The molecule has 6 nitrogen and oxygen atoms in total. The SMILES string of the molecule is O=C(CSc1nc2cc(C(F)(F)F)ccc2n1Cc1ccccc1)NC(=O)NC1CCCC1. The van der Waals surface area contributed by atoms with Crippen molar-refractivity contribution >= 4 is 34.7 Å². The Morgan fingerprint density at radius 3 is 2.52 bits per heavy atom. The fraction of sp³-hybridized carbons (Fsp3) is 0.348. The highest BCUT2D eigenvalue weighted by atomic mass is 32.2. The third kappa shape index (κ3) is 5.87. The predicted molar refractivity (Wildman–Crippen MR) is 120 cm³/mol. The van der Waals surface area contributed by atoms with Gasteiger partial charge in [0.15, 0.2) is 5.16 Å². The molecule has 0 bridgehead atoms. The van der Waals surface area contributed by atoms with Crippen LogP contribution in [0.2, 0.25) is 0 Å². The second-order valence-electron chi connectivity index (χ2n) is 7.96. The zero-order valence-electron chi connectivity index (χ0n) is 17.7. The Morgan fingerprint density at radius 2 is 1.82 bits per heavy atom. The molecule has 1 aliphatic rings. The first kappa shape index (κ1) is 23.2. The second-order valence-corrected chi connectivity index (χ2v) is 8.90. The van der Waals surface area contributed by atoms with Crippen LogP contribution in [-0.4, -0.2) is 33.3 Å². The number of imidazole rings is 1. The van der Waals surface area contributed by atoms with Crippen molar-refractivity contribution in [3.63, 3.8) is 0 Å². The molecule has 0 atom stereocenters. The predicted octanol–water partition coefficient (Wildman–Crippen LogP) is 4.96. The highest BCUT2D eigenvalue weighted by molar-refractivity contribution is 7.99. The van der Waals surface area contributed by atoms with E-state index in [9.17, 15) is 22.8 Å². The highest BCUT2D eigenvalue weighted by Gasteiger charge is 2.31. The number of amides is 3. The molecule has 1 fully saturated rings. The number of urea groups is 1. The van der Waals surface area contributed by atoms with E-state index in [1.165, 1.54) is 6.07 Å². The quantitative estimate of drug-likeness (QED) is 0.493. The number of carbonyl (C=O) groups excluding carboxylic acids is 2. The summed E-state index contributed by atoms with van der Waals surface area (Å²) in [6.45, 7) is 0.384. The van der Waals surface area contributed by atoms with Crippen LogP contribution in [0, 0.1) is 0 Å². The number of rotatable bonds is 6. The largest absolute Gasteiger partial charge is 0.416 e. The van der Waals surface area contributed by atoms with Crippen LogP contribution < -0.4 is 10.6 Å². The molecule has 0 spiro atoms. The summed E-state index contributed by atoms with van der Waals surface area (Å²) < 4.78 is 41.3. The number of alkyl halides is 3. The Hall–Kier alpha value is -3.01. The Kier molecular flexibility index (Phi) is 6.92. The minimum absolute atomic E-state index is 0.0864. The molecule has 10 heteroatoms. The summed E-state index contributed by atoms with van der Waals surface area (Å²) in [7, 11) is 0. The number of nitrogens with one attached hydrogen (secondary N) is 2. The third-order valence-electron chi connectivity index (χ3n) is 5.50. The van der Waals surface area contributed by atoms with Gasteiger partial charge in [-0.3, -0.25) is 10.1 Å². The van der Waals surface area contributed by atoms with Crippen LogP contribution >= 0.6 is 11.8 Å². The molecule has 4 rings (SSSR count). The van der Waals surface area contributed by atoms with E-state index in [0.717, 1.165) is 55.1 Å². The number of imide groups is 1. The number of fused-ring (bicyclic) bond motifs is 1. The highest BCUT2D eigenvalue weighted by Crippen LogP contribution is 2.33. The van der Waals surface area contributed by atoms with Crippen molar-refractivity contribution in [3.8, 4) is 0 Å². The van der Waals surface area contributed by atoms with Crippen molar-refractivity contribution in [3.05, 3.63) is 59.7 Å². The van der Waals surface area contributed by atoms with Gasteiger partial charge in [-0.1, -0.05) is 54.9 Å². The molecule has 3 amide bonds. The summed E-state index contributed by atoms with van der Waals surface area (Å²) in [6, 6.07) is 12.4. The van der Waals surface area contributed by atoms with E-state index >= 15 is 0 Å².